The molecule has 0 fully saturated rings. The van der Waals surface area contributed by atoms with E-state index in [1.54, 1.807) is 31.4 Å². The summed E-state index contributed by atoms with van der Waals surface area (Å²) in [6.07, 6.45) is 0.113. The minimum atomic E-state index is -0.155. The molecule has 0 saturated heterocycles. The molecule has 2 aromatic carbocycles. The van der Waals surface area contributed by atoms with Crippen LogP contribution in [0, 0.1) is 6.92 Å². The van der Waals surface area contributed by atoms with Crippen molar-refractivity contribution in [2.75, 3.05) is 18.2 Å². The Morgan fingerprint density at radius 3 is 2.50 bits per heavy atom. The van der Waals surface area contributed by atoms with E-state index in [0.29, 0.717) is 28.8 Å². The molecule has 0 atom stereocenters. The summed E-state index contributed by atoms with van der Waals surface area (Å²) >= 11 is 1.32. The van der Waals surface area contributed by atoms with Crippen molar-refractivity contribution in [2.45, 2.75) is 32.0 Å². The van der Waals surface area contributed by atoms with E-state index in [1.165, 1.54) is 11.8 Å². The van der Waals surface area contributed by atoms with E-state index >= 15 is 0 Å². The van der Waals surface area contributed by atoms with Gasteiger partial charge in [0.1, 0.15) is 11.6 Å². The van der Waals surface area contributed by atoms with E-state index in [1.807, 2.05) is 42.7 Å². The summed E-state index contributed by atoms with van der Waals surface area (Å²) in [5, 5.41) is 11.9. The maximum absolute atomic E-state index is 12.5. The van der Waals surface area contributed by atoms with Crippen LogP contribution in [0.1, 0.15) is 28.7 Å². The molecule has 156 valence electrons. The monoisotopic (exact) mass is 424 g/mol. The first-order valence-corrected chi connectivity index (χ1v) is 10.6. The van der Waals surface area contributed by atoms with Gasteiger partial charge in [0.25, 0.3) is 0 Å². The van der Waals surface area contributed by atoms with Crippen LogP contribution in [-0.4, -0.2) is 39.3 Å². The van der Waals surface area contributed by atoms with Crippen LogP contribution in [0.5, 0.6) is 5.75 Å². The molecule has 1 amide bonds. The van der Waals surface area contributed by atoms with Crippen LogP contribution in [-0.2, 0) is 17.8 Å². The first-order chi connectivity index (χ1) is 14.5. The van der Waals surface area contributed by atoms with E-state index in [0.717, 1.165) is 11.3 Å². The minimum absolute atomic E-state index is 0.00727. The van der Waals surface area contributed by atoms with Crippen molar-refractivity contribution in [1.29, 1.82) is 0 Å². The number of thioether (sulfide) groups is 1. The summed E-state index contributed by atoms with van der Waals surface area (Å²) in [4.78, 5) is 24.9. The highest BCUT2D eigenvalue weighted by molar-refractivity contribution is 7.99. The summed E-state index contributed by atoms with van der Waals surface area (Å²) in [5.41, 5.74) is 2.39. The zero-order chi connectivity index (χ0) is 21.5. The lowest BCUT2D eigenvalue weighted by molar-refractivity contribution is -0.115. The number of carbonyl (C=O) groups is 2. The molecular formula is C22H24N4O3S. The van der Waals surface area contributed by atoms with Gasteiger partial charge < -0.3 is 14.6 Å². The smallest absolute Gasteiger partial charge is 0.232 e. The molecule has 3 aromatic rings. The van der Waals surface area contributed by atoms with Crippen molar-refractivity contribution in [1.82, 2.24) is 14.8 Å². The normalized spacial score (nSPS) is 10.6. The molecule has 0 unspecified atom stereocenters. The van der Waals surface area contributed by atoms with Crippen molar-refractivity contribution in [3.63, 3.8) is 0 Å². The van der Waals surface area contributed by atoms with Gasteiger partial charge in [-0.2, -0.15) is 0 Å². The number of hydrogen-bond acceptors (Lipinski definition) is 6. The van der Waals surface area contributed by atoms with Crippen LogP contribution in [0.25, 0.3) is 0 Å². The molecule has 1 aromatic heterocycles. The Kier molecular flexibility index (Phi) is 7.24. The molecule has 0 spiro atoms. The number of amides is 1. The number of aromatic nitrogens is 3. The second kappa shape index (κ2) is 10.1. The second-order valence-electron chi connectivity index (χ2n) is 6.62. The molecule has 30 heavy (non-hydrogen) atoms. The first kappa shape index (κ1) is 21.6. The standard InChI is InChI=1S/C22H24N4O3S/c1-4-26-20(13-21(28)23-18-8-6-5-7-15(18)2)24-25-22(26)30-14-19(27)16-9-11-17(29-3)12-10-16/h5-12H,4,13-14H2,1-3H3,(H,23,28). The van der Waals surface area contributed by atoms with Gasteiger partial charge in [-0.25, -0.2) is 0 Å². The average Bonchev–Trinajstić information content (AvgIpc) is 3.14. The van der Waals surface area contributed by atoms with E-state index < -0.39 is 0 Å². The maximum Gasteiger partial charge on any atom is 0.232 e. The molecule has 0 aliphatic carbocycles. The van der Waals surface area contributed by atoms with Gasteiger partial charge in [-0.3, -0.25) is 9.59 Å². The lowest BCUT2D eigenvalue weighted by Crippen LogP contribution is -2.18. The SMILES string of the molecule is CCn1c(CC(=O)Nc2ccccc2C)nnc1SCC(=O)c1ccc(OC)cc1. The first-order valence-electron chi connectivity index (χ1n) is 9.59. The number of aryl methyl sites for hydroxylation is 1. The number of hydrogen-bond donors (Lipinski definition) is 1. The number of Topliss-reactive ketones (excluding diaryl/α,β-unsaturated/α-hetero) is 1. The van der Waals surface area contributed by atoms with Crippen LogP contribution in [0.4, 0.5) is 5.69 Å². The van der Waals surface area contributed by atoms with Gasteiger partial charge in [0.05, 0.1) is 19.3 Å². The van der Waals surface area contributed by atoms with Gasteiger partial charge >= 0.3 is 0 Å². The molecule has 0 radical (unpaired) electrons. The molecular weight excluding hydrogens is 400 g/mol. The zero-order valence-electron chi connectivity index (χ0n) is 17.2. The van der Waals surface area contributed by atoms with Crippen LogP contribution >= 0.6 is 11.8 Å². The number of carbonyl (C=O) groups excluding carboxylic acids is 2. The molecule has 7 nitrogen and oxygen atoms in total. The topological polar surface area (TPSA) is 86.1 Å². The van der Waals surface area contributed by atoms with Crippen molar-refractivity contribution in [3.05, 3.63) is 65.5 Å². The van der Waals surface area contributed by atoms with Crippen LogP contribution in [0.2, 0.25) is 0 Å². The summed E-state index contributed by atoms with van der Waals surface area (Å²) in [6.45, 7) is 4.51. The molecule has 0 saturated carbocycles. The number of methoxy groups -OCH3 is 1. The number of para-hydroxylation sites is 1. The van der Waals surface area contributed by atoms with Crippen molar-refractivity contribution in [2.24, 2.45) is 0 Å². The number of rotatable bonds is 9. The number of nitrogens with zero attached hydrogens (tertiary/aromatic N) is 3. The summed E-state index contributed by atoms with van der Waals surface area (Å²) in [5.74, 6) is 1.35. The van der Waals surface area contributed by atoms with Gasteiger partial charge in [0.2, 0.25) is 5.91 Å². The largest absolute Gasteiger partial charge is 0.497 e. The van der Waals surface area contributed by atoms with Crippen molar-refractivity contribution >= 4 is 29.1 Å². The lowest BCUT2D eigenvalue weighted by atomic mass is 10.1. The zero-order valence-corrected chi connectivity index (χ0v) is 18.0. The number of ether oxygens (including phenoxy) is 1. The van der Waals surface area contributed by atoms with E-state index in [4.69, 9.17) is 4.74 Å². The highest BCUT2D eigenvalue weighted by Crippen LogP contribution is 2.20. The fourth-order valence-corrected chi connectivity index (χ4v) is 3.83. The van der Waals surface area contributed by atoms with E-state index in [9.17, 15) is 9.59 Å². The third-order valence-corrected chi connectivity index (χ3v) is 5.56. The highest BCUT2D eigenvalue weighted by Gasteiger charge is 2.17. The van der Waals surface area contributed by atoms with Gasteiger partial charge in [0.15, 0.2) is 10.9 Å². The molecule has 1 N–H and O–H groups in total. The third kappa shape index (κ3) is 5.27. The molecule has 0 bridgehead atoms. The Bertz CT molecular complexity index is 1030. The maximum atomic E-state index is 12.5. The quantitative estimate of drug-likeness (QED) is 0.416. The Morgan fingerprint density at radius 2 is 1.83 bits per heavy atom. The fraction of sp³-hybridized carbons (Fsp3) is 0.273. The van der Waals surface area contributed by atoms with Crippen LogP contribution in [0.3, 0.4) is 0 Å². The number of benzene rings is 2. The van der Waals surface area contributed by atoms with Gasteiger partial charge in [-0.15, -0.1) is 10.2 Å². The van der Waals surface area contributed by atoms with Crippen LogP contribution < -0.4 is 10.1 Å². The van der Waals surface area contributed by atoms with Gasteiger partial charge in [0, 0.05) is 17.8 Å². The predicted molar refractivity (Wildman–Crippen MR) is 117 cm³/mol. The Hall–Kier alpha value is -3.13. The van der Waals surface area contributed by atoms with Crippen molar-refractivity contribution in [3.8, 4) is 5.75 Å². The molecule has 0 aliphatic rings. The highest BCUT2D eigenvalue weighted by atomic mass is 32.2. The van der Waals surface area contributed by atoms with E-state index in [2.05, 4.69) is 15.5 Å². The molecule has 0 aliphatic heterocycles. The van der Waals surface area contributed by atoms with Crippen molar-refractivity contribution < 1.29 is 14.3 Å². The third-order valence-electron chi connectivity index (χ3n) is 4.59. The number of anilines is 1. The number of ketones is 1. The number of nitrogens with one attached hydrogen (secondary N) is 1. The summed E-state index contributed by atoms with van der Waals surface area (Å²) < 4.78 is 6.98. The minimum Gasteiger partial charge on any atom is -0.497 e. The molecule has 8 heteroatoms. The predicted octanol–water partition coefficient (Wildman–Crippen LogP) is 3.77. The van der Waals surface area contributed by atoms with Gasteiger partial charge in [-0.1, -0.05) is 30.0 Å². The second-order valence-corrected chi connectivity index (χ2v) is 7.57. The lowest BCUT2D eigenvalue weighted by Gasteiger charge is -2.09. The summed E-state index contributed by atoms with van der Waals surface area (Å²) in [6, 6.07) is 14.6. The Labute approximate surface area is 179 Å². The van der Waals surface area contributed by atoms with Crippen LogP contribution in [0.15, 0.2) is 53.7 Å². The Balaban J connectivity index is 1.62. The van der Waals surface area contributed by atoms with E-state index in [-0.39, 0.29) is 23.9 Å². The average molecular weight is 425 g/mol. The Morgan fingerprint density at radius 1 is 1.10 bits per heavy atom. The molecule has 1 heterocycles. The fourth-order valence-electron chi connectivity index (χ4n) is 2.92. The molecule has 3 rings (SSSR count). The van der Waals surface area contributed by atoms with Gasteiger partial charge in [-0.05, 0) is 49.7 Å². The summed E-state index contributed by atoms with van der Waals surface area (Å²) in [7, 11) is 1.59.